The maximum absolute atomic E-state index is 5.57. The Morgan fingerprint density at radius 2 is 2.45 bits per heavy atom. The van der Waals surface area contributed by atoms with Gasteiger partial charge in [0.15, 0.2) is 0 Å². The molecule has 0 spiro atoms. The molecule has 4 nitrogen and oxygen atoms in total. The molecule has 0 aromatic heterocycles. The lowest BCUT2D eigenvalue weighted by Crippen LogP contribution is -2.27. The SMILES string of the molecule is CCC1N=CN=C(N)/C1=C\N. The number of amidine groups is 1. The first-order valence-corrected chi connectivity index (χ1v) is 3.56. The Morgan fingerprint density at radius 3 is 2.91 bits per heavy atom. The van der Waals surface area contributed by atoms with E-state index in [0.29, 0.717) is 5.84 Å². The quantitative estimate of drug-likeness (QED) is 0.555. The van der Waals surface area contributed by atoms with Crippen molar-refractivity contribution in [2.45, 2.75) is 19.4 Å². The van der Waals surface area contributed by atoms with E-state index in [2.05, 4.69) is 9.98 Å². The minimum Gasteiger partial charge on any atom is -0.404 e. The van der Waals surface area contributed by atoms with Gasteiger partial charge in [-0.15, -0.1) is 0 Å². The highest BCUT2D eigenvalue weighted by Gasteiger charge is 2.15. The first-order valence-electron chi connectivity index (χ1n) is 3.56. The van der Waals surface area contributed by atoms with Crippen molar-refractivity contribution in [3.05, 3.63) is 11.8 Å². The van der Waals surface area contributed by atoms with Crippen LogP contribution in [0.5, 0.6) is 0 Å². The zero-order valence-corrected chi connectivity index (χ0v) is 6.49. The third-order valence-electron chi connectivity index (χ3n) is 1.66. The highest BCUT2D eigenvalue weighted by atomic mass is 15.0. The summed E-state index contributed by atoms with van der Waals surface area (Å²) in [7, 11) is 0. The molecule has 0 amide bonds. The molecule has 4 N–H and O–H groups in total. The maximum atomic E-state index is 5.57. The highest BCUT2D eigenvalue weighted by molar-refractivity contribution is 6.03. The van der Waals surface area contributed by atoms with E-state index in [1.54, 1.807) is 0 Å². The lowest BCUT2D eigenvalue weighted by molar-refractivity contribution is 0.758. The summed E-state index contributed by atoms with van der Waals surface area (Å²) >= 11 is 0. The fourth-order valence-electron chi connectivity index (χ4n) is 1.02. The van der Waals surface area contributed by atoms with Gasteiger partial charge in [-0.3, -0.25) is 4.99 Å². The van der Waals surface area contributed by atoms with Crippen molar-refractivity contribution in [2.75, 3.05) is 0 Å². The summed E-state index contributed by atoms with van der Waals surface area (Å²) in [5, 5.41) is 0. The molecule has 0 saturated heterocycles. The summed E-state index contributed by atoms with van der Waals surface area (Å²) in [6.45, 7) is 2.03. The Balaban J connectivity index is 2.88. The molecular formula is C7H12N4. The average molecular weight is 152 g/mol. The summed E-state index contributed by atoms with van der Waals surface area (Å²) in [6, 6.07) is 0.0949. The van der Waals surface area contributed by atoms with Crippen LogP contribution < -0.4 is 11.5 Å². The molecule has 1 rings (SSSR count). The molecule has 0 aromatic carbocycles. The Labute approximate surface area is 65.7 Å². The lowest BCUT2D eigenvalue weighted by Gasteiger charge is -2.15. The van der Waals surface area contributed by atoms with E-state index in [4.69, 9.17) is 11.5 Å². The normalized spacial score (nSPS) is 27.2. The zero-order chi connectivity index (χ0) is 8.27. The monoisotopic (exact) mass is 152 g/mol. The summed E-state index contributed by atoms with van der Waals surface area (Å²) in [5.41, 5.74) is 11.8. The second-order valence-electron chi connectivity index (χ2n) is 2.32. The van der Waals surface area contributed by atoms with Gasteiger partial charge in [0.25, 0.3) is 0 Å². The van der Waals surface area contributed by atoms with Crippen LogP contribution in [0.15, 0.2) is 21.8 Å². The molecule has 0 radical (unpaired) electrons. The molecule has 0 aromatic rings. The van der Waals surface area contributed by atoms with Crippen LogP contribution in [-0.2, 0) is 0 Å². The van der Waals surface area contributed by atoms with E-state index in [1.165, 1.54) is 12.5 Å². The van der Waals surface area contributed by atoms with Crippen LogP contribution in [0.2, 0.25) is 0 Å². The van der Waals surface area contributed by atoms with Crippen molar-refractivity contribution in [3.8, 4) is 0 Å². The molecule has 1 heterocycles. The largest absolute Gasteiger partial charge is 0.404 e. The number of hydrogen-bond acceptors (Lipinski definition) is 4. The topological polar surface area (TPSA) is 76.8 Å². The van der Waals surface area contributed by atoms with Gasteiger partial charge in [0.1, 0.15) is 12.2 Å². The zero-order valence-electron chi connectivity index (χ0n) is 6.49. The summed E-state index contributed by atoms with van der Waals surface area (Å²) in [4.78, 5) is 7.94. The van der Waals surface area contributed by atoms with Crippen LogP contribution in [-0.4, -0.2) is 18.2 Å². The minimum atomic E-state index is 0.0949. The number of nitrogens with two attached hydrogens (primary N) is 2. The van der Waals surface area contributed by atoms with Gasteiger partial charge in [-0.05, 0) is 6.42 Å². The van der Waals surface area contributed by atoms with Crippen LogP contribution in [0.3, 0.4) is 0 Å². The molecule has 4 heteroatoms. The predicted molar refractivity (Wildman–Crippen MR) is 46.5 cm³/mol. The summed E-state index contributed by atoms with van der Waals surface area (Å²) in [5.74, 6) is 0.481. The molecule has 1 atom stereocenters. The molecule has 1 aliphatic heterocycles. The molecule has 11 heavy (non-hydrogen) atoms. The molecule has 0 saturated carbocycles. The molecule has 0 aliphatic carbocycles. The van der Waals surface area contributed by atoms with Gasteiger partial charge in [0, 0.05) is 11.8 Å². The van der Waals surface area contributed by atoms with Crippen LogP contribution >= 0.6 is 0 Å². The van der Waals surface area contributed by atoms with Gasteiger partial charge in [-0.2, -0.15) is 0 Å². The predicted octanol–water partition coefficient (Wildman–Crippen LogP) is 0.00670. The van der Waals surface area contributed by atoms with E-state index >= 15 is 0 Å². The van der Waals surface area contributed by atoms with Gasteiger partial charge in [-0.25, -0.2) is 4.99 Å². The van der Waals surface area contributed by atoms with Crippen LogP contribution in [0.1, 0.15) is 13.3 Å². The number of rotatable bonds is 1. The van der Waals surface area contributed by atoms with Gasteiger partial charge >= 0.3 is 0 Å². The van der Waals surface area contributed by atoms with Crippen molar-refractivity contribution in [1.82, 2.24) is 0 Å². The van der Waals surface area contributed by atoms with Crippen molar-refractivity contribution < 1.29 is 0 Å². The van der Waals surface area contributed by atoms with E-state index in [-0.39, 0.29) is 6.04 Å². The first-order chi connectivity index (χ1) is 5.29. The van der Waals surface area contributed by atoms with Crippen LogP contribution in [0, 0.1) is 0 Å². The van der Waals surface area contributed by atoms with Crippen LogP contribution in [0.25, 0.3) is 0 Å². The third-order valence-corrected chi connectivity index (χ3v) is 1.66. The average Bonchev–Trinajstić information content (AvgIpc) is 2.04. The number of nitrogens with zero attached hydrogens (tertiary/aromatic N) is 2. The first kappa shape index (κ1) is 7.78. The smallest absolute Gasteiger partial charge is 0.132 e. The maximum Gasteiger partial charge on any atom is 0.132 e. The van der Waals surface area contributed by atoms with Crippen molar-refractivity contribution >= 4 is 12.2 Å². The fourth-order valence-corrected chi connectivity index (χ4v) is 1.02. The van der Waals surface area contributed by atoms with Crippen molar-refractivity contribution in [1.29, 1.82) is 0 Å². The highest BCUT2D eigenvalue weighted by Crippen LogP contribution is 2.12. The second kappa shape index (κ2) is 3.18. The molecule has 1 unspecified atom stereocenters. The molecule has 0 bridgehead atoms. The standard InChI is InChI=1S/C7H12N4/c1-2-6-5(3-8)7(9)11-4-10-6/h3-4,6H,2,8H2,1H3,(H2,9,10,11)/b5-3-. The molecule has 60 valence electrons. The summed E-state index contributed by atoms with van der Waals surface area (Å²) < 4.78 is 0. The molecular weight excluding hydrogens is 140 g/mol. The summed E-state index contributed by atoms with van der Waals surface area (Å²) in [6.07, 6.45) is 3.86. The second-order valence-corrected chi connectivity index (χ2v) is 2.32. The fraction of sp³-hybridized carbons (Fsp3) is 0.429. The van der Waals surface area contributed by atoms with Crippen molar-refractivity contribution in [3.63, 3.8) is 0 Å². The van der Waals surface area contributed by atoms with E-state index in [9.17, 15) is 0 Å². The third kappa shape index (κ3) is 1.39. The van der Waals surface area contributed by atoms with Gasteiger partial charge in [-0.1, -0.05) is 6.92 Å². The number of aliphatic imine (C=N–C) groups is 2. The van der Waals surface area contributed by atoms with Crippen molar-refractivity contribution in [2.24, 2.45) is 21.5 Å². The number of hydrogen-bond donors (Lipinski definition) is 2. The Kier molecular flexibility index (Phi) is 2.25. The Hall–Kier alpha value is -1.32. The van der Waals surface area contributed by atoms with Gasteiger partial charge < -0.3 is 11.5 Å². The van der Waals surface area contributed by atoms with Gasteiger partial charge in [0.05, 0.1) is 6.04 Å². The Morgan fingerprint density at radius 1 is 1.73 bits per heavy atom. The van der Waals surface area contributed by atoms with E-state index in [0.717, 1.165) is 12.0 Å². The minimum absolute atomic E-state index is 0.0949. The van der Waals surface area contributed by atoms with E-state index < -0.39 is 0 Å². The van der Waals surface area contributed by atoms with Gasteiger partial charge in [0.2, 0.25) is 0 Å². The van der Waals surface area contributed by atoms with Crippen LogP contribution in [0.4, 0.5) is 0 Å². The molecule has 1 aliphatic rings. The Bertz CT molecular complexity index is 227. The molecule has 0 fully saturated rings. The van der Waals surface area contributed by atoms with E-state index in [1.807, 2.05) is 6.92 Å². The lowest BCUT2D eigenvalue weighted by atomic mass is 10.1.